The Morgan fingerprint density at radius 2 is 1.74 bits per heavy atom. The summed E-state index contributed by atoms with van der Waals surface area (Å²) in [6.45, 7) is 0. The van der Waals surface area contributed by atoms with E-state index in [9.17, 15) is 8.78 Å². The van der Waals surface area contributed by atoms with Gasteiger partial charge in [-0.25, -0.2) is 14.2 Å². The predicted octanol–water partition coefficient (Wildman–Crippen LogP) is 4.04. The summed E-state index contributed by atoms with van der Waals surface area (Å²) in [4.78, 5) is 0. The lowest BCUT2D eigenvalue weighted by Crippen LogP contribution is -2.30. The molecule has 2 aromatic carbocycles. The minimum Gasteiger partial charge on any atom is -0.271 e. The molecule has 1 atom stereocenters. The van der Waals surface area contributed by atoms with E-state index in [-0.39, 0.29) is 5.56 Å². The Balaban J connectivity index is 2.52. The van der Waals surface area contributed by atoms with Crippen molar-refractivity contribution in [3.8, 4) is 0 Å². The average molecular weight is 392 g/mol. The Kier molecular flexibility index (Phi) is 4.67. The van der Waals surface area contributed by atoms with Crippen LogP contribution in [0.4, 0.5) is 8.78 Å². The molecule has 6 heteroatoms. The monoisotopic (exact) mass is 390 g/mol. The first-order valence-corrected chi connectivity index (χ1v) is 6.97. The summed E-state index contributed by atoms with van der Waals surface area (Å²) < 4.78 is 28.7. The van der Waals surface area contributed by atoms with Crippen molar-refractivity contribution in [1.29, 1.82) is 0 Å². The van der Waals surface area contributed by atoms with E-state index in [2.05, 4.69) is 37.3 Å². The molecular formula is C13H10Br2F2N2. The van der Waals surface area contributed by atoms with Crippen molar-refractivity contribution < 1.29 is 8.78 Å². The van der Waals surface area contributed by atoms with Crippen LogP contribution in [0.2, 0.25) is 0 Å². The molecule has 0 spiro atoms. The molecule has 0 radical (unpaired) electrons. The van der Waals surface area contributed by atoms with E-state index in [0.717, 1.165) is 32.7 Å². The molecular weight excluding hydrogens is 382 g/mol. The maximum atomic E-state index is 13.8. The molecule has 0 amide bonds. The van der Waals surface area contributed by atoms with Crippen molar-refractivity contribution in [2.24, 2.45) is 5.84 Å². The first kappa shape index (κ1) is 14.6. The van der Waals surface area contributed by atoms with Crippen LogP contribution in [0.25, 0.3) is 0 Å². The number of nitrogens with one attached hydrogen (secondary N) is 1. The summed E-state index contributed by atoms with van der Waals surface area (Å²) >= 11 is 6.72. The zero-order chi connectivity index (χ0) is 14.0. The van der Waals surface area contributed by atoms with Crippen LogP contribution in [0.3, 0.4) is 0 Å². The number of benzene rings is 2. The van der Waals surface area contributed by atoms with E-state index in [1.165, 1.54) is 0 Å². The normalized spacial score (nSPS) is 12.5. The number of hydrogen-bond donors (Lipinski definition) is 2. The number of nitrogens with two attached hydrogens (primary N) is 1. The number of hydrazine groups is 1. The highest BCUT2D eigenvalue weighted by Gasteiger charge is 2.19. The van der Waals surface area contributed by atoms with Crippen molar-refractivity contribution >= 4 is 31.9 Å². The first-order valence-electron chi connectivity index (χ1n) is 5.39. The van der Waals surface area contributed by atoms with Crippen LogP contribution < -0.4 is 11.3 Å². The van der Waals surface area contributed by atoms with Gasteiger partial charge in [-0.1, -0.05) is 37.9 Å². The molecule has 0 saturated carbocycles. The van der Waals surface area contributed by atoms with E-state index in [1.807, 2.05) is 12.1 Å². The fraction of sp³-hybridized carbons (Fsp3) is 0.0769. The maximum absolute atomic E-state index is 13.8. The number of rotatable bonds is 3. The van der Waals surface area contributed by atoms with Crippen molar-refractivity contribution in [2.75, 3.05) is 0 Å². The molecule has 0 heterocycles. The van der Waals surface area contributed by atoms with Crippen LogP contribution >= 0.6 is 31.9 Å². The third-order valence-electron chi connectivity index (χ3n) is 2.71. The van der Waals surface area contributed by atoms with E-state index in [1.54, 1.807) is 6.07 Å². The van der Waals surface area contributed by atoms with Crippen molar-refractivity contribution in [1.82, 2.24) is 5.43 Å². The Bertz CT molecular complexity index is 605. The van der Waals surface area contributed by atoms with Gasteiger partial charge in [-0.05, 0) is 35.9 Å². The van der Waals surface area contributed by atoms with Crippen LogP contribution in [-0.2, 0) is 0 Å². The topological polar surface area (TPSA) is 38.0 Å². The van der Waals surface area contributed by atoms with Gasteiger partial charge in [-0.15, -0.1) is 0 Å². The third-order valence-corrected chi connectivity index (χ3v) is 3.89. The van der Waals surface area contributed by atoms with Gasteiger partial charge >= 0.3 is 0 Å². The van der Waals surface area contributed by atoms with Gasteiger partial charge in [0, 0.05) is 14.5 Å². The van der Waals surface area contributed by atoms with E-state index < -0.39 is 17.7 Å². The standard InChI is InChI=1S/C13H10Br2F2N2/c14-7-1-3-9(11(15)5-7)13(19-18)10-6-8(16)2-4-12(10)17/h1-6,13,19H,18H2. The van der Waals surface area contributed by atoms with Gasteiger partial charge in [0.05, 0.1) is 6.04 Å². The lowest BCUT2D eigenvalue weighted by atomic mass is 9.99. The second-order valence-electron chi connectivity index (χ2n) is 3.93. The Morgan fingerprint density at radius 3 is 2.37 bits per heavy atom. The fourth-order valence-electron chi connectivity index (χ4n) is 1.82. The highest BCUT2D eigenvalue weighted by Crippen LogP contribution is 2.31. The fourth-order valence-corrected chi connectivity index (χ4v) is 3.09. The average Bonchev–Trinajstić information content (AvgIpc) is 2.36. The minimum atomic E-state index is -0.641. The quantitative estimate of drug-likeness (QED) is 0.612. The molecule has 0 bridgehead atoms. The molecule has 0 aliphatic heterocycles. The zero-order valence-electron chi connectivity index (χ0n) is 9.63. The largest absolute Gasteiger partial charge is 0.271 e. The lowest BCUT2D eigenvalue weighted by molar-refractivity contribution is 0.545. The lowest BCUT2D eigenvalue weighted by Gasteiger charge is -2.19. The van der Waals surface area contributed by atoms with Gasteiger partial charge < -0.3 is 0 Å². The molecule has 1 unspecified atom stereocenters. The molecule has 0 aliphatic carbocycles. The first-order chi connectivity index (χ1) is 9.02. The highest BCUT2D eigenvalue weighted by atomic mass is 79.9. The summed E-state index contributed by atoms with van der Waals surface area (Å²) in [7, 11) is 0. The molecule has 19 heavy (non-hydrogen) atoms. The van der Waals surface area contributed by atoms with Crippen molar-refractivity contribution in [2.45, 2.75) is 6.04 Å². The van der Waals surface area contributed by atoms with E-state index in [4.69, 9.17) is 5.84 Å². The minimum absolute atomic E-state index is 0.158. The van der Waals surface area contributed by atoms with Crippen LogP contribution in [0, 0.1) is 11.6 Å². The number of halogens is 4. The Hall–Kier alpha value is -0.820. The summed E-state index contributed by atoms with van der Waals surface area (Å²) in [6.07, 6.45) is 0. The van der Waals surface area contributed by atoms with Crippen LogP contribution in [0.15, 0.2) is 45.3 Å². The van der Waals surface area contributed by atoms with Gasteiger partial charge in [0.15, 0.2) is 0 Å². The predicted molar refractivity (Wildman–Crippen MR) is 77.4 cm³/mol. The molecule has 100 valence electrons. The summed E-state index contributed by atoms with van der Waals surface area (Å²) in [5, 5.41) is 0. The third kappa shape index (κ3) is 3.20. The van der Waals surface area contributed by atoms with Gasteiger partial charge in [0.2, 0.25) is 0 Å². The zero-order valence-corrected chi connectivity index (χ0v) is 12.8. The maximum Gasteiger partial charge on any atom is 0.128 e. The smallest absolute Gasteiger partial charge is 0.128 e. The molecule has 0 aromatic heterocycles. The molecule has 0 aliphatic rings. The van der Waals surface area contributed by atoms with Crippen LogP contribution in [-0.4, -0.2) is 0 Å². The molecule has 0 saturated heterocycles. The van der Waals surface area contributed by atoms with Gasteiger partial charge in [-0.2, -0.15) is 0 Å². The van der Waals surface area contributed by atoms with E-state index in [0.29, 0.717) is 0 Å². The van der Waals surface area contributed by atoms with E-state index >= 15 is 0 Å². The Labute approximate surface area is 126 Å². The van der Waals surface area contributed by atoms with Crippen LogP contribution in [0.1, 0.15) is 17.2 Å². The molecule has 2 aromatic rings. The summed E-state index contributed by atoms with van der Waals surface area (Å²) in [5.41, 5.74) is 3.39. The SMILES string of the molecule is NNC(c1cc(F)ccc1F)c1ccc(Br)cc1Br. The van der Waals surface area contributed by atoms with Crippen molar-refractivity contribution in [3.63, 3.8) is 0 Å². The van der Waals surface area contributed by atoms with Crippen molar-refractivity contribution in [3.05, 3.63) is 68.1 Å². The van der Waals surface area contributed by atoms with Gasteiger partial charge in [0.1, 0.15) is 11.6 Å². The van der Waals surface area contributed by atoms with Crippen LogP contribution in [0.5, 0.6) is 0 Å². The molecule has 0 fully saturated rings. The number of hydrogen-bond acceptors (Lipinski definition) is 2. The Morgan fingerprint density at radius 1 is 1.00 bits per heavy atom. The highest BCUT2D eigenvalue weighted by molar-refractivity contribution is 9.11. The molecule has 2 nitrogen and oxygen atoms in total. The second-order valence-corrected chi connectivity index (χ2v) is 5.70. The second kappa shape index (κ2) is 6.09. The molecule has 3 N–H and O–H groups in total. The summed E-state index contributed by atoms with van der Waals surface area (Å²) in [6, 6.07) is 8.05. The summed E-state index contributed by atoms with van der Waals surface area (Å²) in [5.74, 6) is 4.47. The van der Waals surface area contributed by atoms with Gasteiger partial charge in [0.25, 0.3) is 0 Å². The van der Waals surface area contributed by atoms with Gasteiger partial charge in [-0.3, -0.25) is 5.84 Å². The molecule has 2 rings (SSSR count).